The van der Waals surface area contributed by atoms with Gasteiger partial charge in [-0.2, -0.15) is 0 Å². The van der Waals surface area contributed by atoms with Crippen LogP contribution in [0.1, 0.15) is 55.3 Å². The zero-order chi connectivity index (χ0) is 22.8. The third kappa shape index (κ3) is 7.05. The molecule has 1 aliphatic heterocycles. The van der Waals surface area contributed by atoms with Gasteiger partial charge in [0.25, 0.3) is 0 Å². The van der Waals surface area contributed by atoms with E-state index in [1.165, 1.54) is 5.56 Å². The van der Waals surface area contributed by atoms with Crippen LogP contribution in [0.5, 0.6) is 0 Å². The second kappa shape index (κ2) is 12.2. The second-order valence-electron chi connectivity index (χ2n) is 8.23. The minimum atomic E-state index is -1.05. The van der Waals surface area contributed by atoms with E-state index in [1.807, 2.05) is 30.3 Å². The highest BCUT2D eigenvalue weighted by Crippen LogP contribution is 2.20. The quantitative estimate of drug-likeness (QED) is 0.438. The highest BCUT2D eigenvalue weighted by atomic mass is 16.5. The number of aryl methyl sites for hydroxylation is 2. The summed E-state index contributed by atoms with van der Waals surface area (Å²) in [6.07, 6.45) is 5.21. The van der Waals surface area contributed by atoms with E-state index in [4.69, 9.17) is 9.72 Å². The van der Waals surface area contributed by atoms with E-state index in [-0.39, 0.29) is 18.9 Å². The number of fused-ring (bicyclic) bond motifs is 1. The number of carbonyl (C=O) groups excluding carboxylic acids is 1. The van der Waals surface area contributed by atoms with Gasteiger partial charge in [-0.25, -0.2) is 9.78 Å². The van der Waals surface area contributed by atoms with Gasteiger partial charge < -0.3 is 20.5 Å². The number of hydrogen-bond donors (Lipinski definition) is 3. The summed E-state index contributed by atoms with van der Waals surface area (Å²) in [6, 6.07) is 12.6. The van der Waals surface area contributed by atoms with E-state index >= 15 is 0 Å². The number of aromatic nitrogens is 1. The molecule has 1 aromatic heterocycles. The van der Waals surface area contributed by atoms with Gasteiger partial charge in [-0.3, -0.25) is 4.79 Å². The molecule has 0 unspecified atom stereocenters. The van der Waals surface area contributed by atoms with E-state index in [9.17, 15) is 14.7 Å². The summed E-state index contributed by atoms with van der Waals surface area (Å²) in [7, 11) is 0. The largest absolute Gasteiger partial charge is 0.480 e. The lowest BCUT2D eigenvalue weighted by atomic mass is 10.00. The average Bonchev–Trinajstić information content (AvgIpc) is 2.82. The van der Waals surface area contributed by atoms with Crippen molar-refractivity contribution in [1.29, 1.82) is 0 Å². The Hall–Kier alpha value is -2.93. The van der Waals surface area contributed by atoms with Gasteiger partial charge in [0.1, 0.15) is 11.9 Å². The number of aliphatic carboxylic acids is 1. The first-order valence-corrected chi connectivity index (χ1v) is 11.4. The molecule has 2 atom stereocenters. The molecule has 7 nitrogen and oxygen atoms in total. The minimum Gasteiger partial charge on any atom is -0.480 e. The summed E-state index contributed by atoms with van der Waals surface area (Å²) in [5, 5.41) is 15.4. The topological polar surface area (TPSA) is 101 Å². The van der Waals surface area contributed by atoms with Crippen molar-refractivity contribution < 1.29 is 19.4 Å². The Bertz CT molecular complexity index is 888. The molecular formula is C25H33N3O4. The van der Waals surface area contributed by atoms with Crippen LogP contribution in [0.2, 0.25) is 0 Å². The van der Waals surface area contributed by atoms with Crippen molar-refractivity contribution in [3.05, 3.63) is 59.3 Å². The number of nitrogens with zero attached hydrogens (tertiary/aromatic N) is 1. The van der Waals surface area contributed by atoms with Crippen molar-refractivity contribution in [3.63, 3.8) is 0 Å². The number of hydrogen-bond acceptors (Lipinski definition) is 5. The van der Waals surface area contributed by atoms with Crippen LogP contribution in [0.25, 0.3) is 0 Å². The molecule has 0 saturated heterocycles. The Morgan fingerprint density at radius 3 is 2.75 bits per heavy atom. The highest BCUT2D eigenvalue weighted by Gasteiger charge is 2.23. The number of ether oxygens (including phenoxy) is 1. The smallest absolute Gasteiger partial charge is 0.326 e. The van der Waals surface area contributed by atoms with E-state index in [1.54, 1.807) is 6.92 Å². The summed E-state index contributed by atoms with van der Waals surface area (Å²) in [4.78, 5) is 28.7. The van der Waals surface area contributed by atoms with Crippen LogP contribution in [0.4, 0.5) is 5.82 Å². The fraction of sp³-hybridized carbons (Fsp3) is 0.480. The average molecular weight is 440 g/mol. The van der Waals surface area contributed by atoms with Crippen molar-refractivity contribution in [2.45, 2.75) is 57.4 Å². The molecule has 2 heterocycles. The number of carboxylic acid groups (broad SMARTS) is 1. The van der Waals surface area contributed by atoms with Crippen molar-refractivity contribution in [3.8, 4) is 0 Å². The molecule has 32 heavy (non-hydrogen) atoms. The van der Waals surface area contributed by atoms with Crippen LogP contribution in [0.15, 0.2) is 42.5 Å². The lowest BCUT2D eigenvalue weighted by Crippen LogP contribution is -2.43. The first-order chi connectivity index (χ1) is 15.5. The first kappa shape index (κ1) is 23.7. The molecule has 1 amide bonds. The third-order valence-corrected chi connectivity index (χ3v) is 5.78. The van der Waals surface area contributed by atoms with Gasteiger partial charge in [0, 0.05) is 31.9 Å². The van der Waals surface area contributed by atoms with Crippen LogP contribution in [-0.4, -0.2) is 47.8 Å². The molecule has 0 spiro atoms. The number of amides is 1. The van der Waals surface area contributed by atoms with Crippen molar-refractivity contribution >= 4 is 17.7 Å². The number of benzene rings is 1. The molecule has 1 aromatic carbocycles. The van der Waals surface area contributed by atoms with Gasteiger partial charge in [0.05, 0.1) is 5.92 Å². The molecule has 1 aliphatic rings. The normalized spacial score (nSPS) is 14.7. The Morgan fingerprint density at radius 1 is 1.16 bits per heavy atom. The monoisotopic (exact) mass is 439 g/mol. The number of carboxylic acids is 1. The number of pyridine rings is 1. The van der Waals surface area contributed by atoms with Crippen molar-refractivity contribution in [2.24, 2.45) is 0 Å². The van der Waals surface area contributed by atoms with Crippen LogP contribution >= 0.6 is 0 Å². The maximum atomic E-state index is 12.4. The predicted octanol–water partition coefficient (Wildman–Crippen LogP) is 3.54. The molecule has 2 aromatic rings. The fourth-order valence-corrected chi connectivity index (χ4v) is 3.77. The first-order valence-electron chi connectivity index (χ1n) is 11.4. The minimum absolute atomic E-state index is 0.237. The Kier molecular flexibility index (Phi) is 9.04. The molecule has 7 heteroatoms. The molecule has 172 valence electrons. The highest BCUT2D eigenvalue weighted by molar-refractivity contribution is 5.87. The maximum Gasteiger partial charge on any atom is 0.326 e. The van der Waals surface area contributed by atoms with Crippen molar-refractivity contribution in [2.75, 3.05) is 25.1 Å². The summed E-state index contributed by atoms with van der Waals surface area (Å²) in [5.41, 5.74) is 3.23. The van der Waals surface area contributed by atoms with Gasteiger partial charge >= 0.3 is 5.97 Å². The van der Waals surface area contributed by atoms with Crippen molar-refractivity contribution in [1.82, 2.24) is 10.3 Å². The third-order valence-electron chi connectivity index (χ3n) is 5.78. The molecular weight excluding hydrogens is 406 g/mol. The Morgan fingerprint density at radius 2 is 1.97 bits per heavy atom. The zero-order valence-electron chi connectivity index (χ0n) is 18.7. The fourth-order valence-electron chi connectivity index (χ4n) is 3.77. The number of rotatable bonds is 12. The molecule has 0 saturated carbocycles. The number of carbonyl (C=O) groups is 2. The van der Waals surface area contributed by atoms with Crippen LogP contribution in [0.3, 0.4) is 0 Å². The number of anilines is 1. The summed E-state index contributed by atoms with van der Waals surface area (Å²) < 4.78 is 5.62. The van der Waals surface area contributed by atoms with Gasteiger partial charge in [-0.1, -0.05) is 36.4 Å². The van der Waals surface area contributed by atoms with E-state index in [2.05, 4.69) is 22.8 Å². The second-order valence-corrected chi connectivity index (χ2v) is 8.23. The number of unbranched alkanes of at least 4 members (excludes halogenated alkanes) is 1. The summed E-state index contributed by atoms with van der Waals surface area (Å²) in [6.45, 7) is 3.61. The van der Waals surface area contributed by atoms with E-state index < -0.39 is 17.9 Å². The van der Waals surface area contributed by atoms with E-state index in [0.29, 0.717) is 6.61 Å². The number of nitrogens with one attached hydrogen (secondary N) is 2. The molecule has 3 N–H and O–H groups in total. The zero-order valence-corrected chi connectivity index (χ0v) is 18.7. The van der Waals surface area contributed by atoms with Gasteiger partial charge in [0.15, 0.2) is 0 Å². The lowest BCUT2D eigenvalue weighted by molar-refractivity contribution is -0.142. The van der Waals surface area contributed by atoms with Crippen LogP contribution in [0, 0.1) is 0 Å². The molecule has 3 rings (SSSR count). The maximum absolute atomic E-state index is 12.4. The van der Waals surface area contributed by atoms with Crippen LogP contribution < -0.4 is 10.6 Å². The molecule has 0 radical (unpaired) electrons. The summed E-state index contributed by atoms with van der Waals surface area (Å²) >= 11 is 0. The van der Waals surface area contributed by atoms with Crippen LogP contribution in [-0.2, 0) is 27.2 Å². The van der Waals surface area contributed by atoms with Gasteiger partial charge in [-0.15, -0.1) is 0 Å². The van der Waals surface area contributed by atoms with E-state index in [0.717, 1.165) is 55.7 Å². The Labute approximate surface area is 189 Å². The Balaban J connectivity index is 1.32. The van der Waals surface area contributed by atoms with Gasteiger partial charge in [-0.05, 0) is 56.2 Å². The standard InChI is InChI=1S/C25H33N3O4/c1-18(19-8-3-2-4-9-19)24(29)28-22(25(30)31)14-17-32-16-6-5-11-21-13-12-20-10-7-15-26-23(20)27-21/h2-4,8-9,12-13,18,22H,5-7,10-11,14-17H2,1H3,(H,26,27)(H,28,29)(H,30,31)/t18-,22-/m0/s1. The SMILES string of the molecule is C[C@H](C(=O)N[C@@H](CCOCCCCc1ccc2c(n1)NCCC2)C(=O)O)c1ccccc1. The lowest BCUT2D eigenvalue weighted by Gasteiger charge is -2.18. The van der Waals surface area contributed by atoms with Gasteiger partial charge in [0.2, 0.25) is 5.91 Å². The summed E-state index contributed by atoms with van der Waals surface area (Å²) in [5.74, 6) is -0.732. The predicted molar refractivity (Wildman–Crippen MR) is 124 cm³/mol. The molecule has 0 fully saturated rings. The molecule has 0 aliphatic carbocycles. The molecule has 0 bridgehead atoms.